The monoisotopic (exact) mass is 386 g/mol. The van der Waals surface area contributed by atoms with E-state index in [1.54, 1.807) is 6.92 Å². The van der Waals surface area contributed by atoms with E-state index in [0.29, 0.717) is 12.1 Å². The van der Waals surface area contributed by atoms with Gasteiger partial charge in [-0.25, -0.2) is 4.79 Å². The highest BCUT2D eigenvalue weighted by Gasteiger charge is 2.11. The van der Waals surface area contributed by atoms with Crippen molar-refractivity contribution < 1.29 is 37.4 Å². The highest BCUT2D eigenvalue weighted by molar-refractivity contribution is 5.90. The number of amides is 2. The molecule has 0 aliphatic carbocycles. The Morgan fingerprint density at radius 1 is 1.15 bits per heavy atom. The van der Waals surface area contributed by atoms with Crippen LogP contribution in [0.2, 0.25) is 0 Å². The molecule has 0 aromatic heterocycles. The van der Waals surface area contributed by atoms with Crippen molar-refractivity contribution in [1.82, 2.24) is 10.6 Å². The first-order valence-corrected chi connectivity index (χ1v) is 7.86. The molecular formula is C17H20F2N2O6. The second-order valence-electron chi connectivity index (χ2n) is 4.96. The van der Waals surface area contributed by atoms with Crippen LogP contribution in [0.5, 0.6) is 11.5 Å². The second kappa shape index (κ2) is 11.4. The van der Waals surface area contributed by atoms with Crippen LogP contribution < -0.4 is 20.1 Å². The van der Waals surface area contributed by atoms with Crippen molar-refractivity contribution in [2.45, 2.75) is 13.5 Å². The minimum absolute atomic E-state index is 0.0653. The minimum Gasteiger partial charge on any atom is -0.493 e. The second-order valence-corrected chi connectivity index (χ2v) is 4.96. The van der Waals surface area contributed by atoms with Gasteiger partial charge in [0.05, 0.1) is 13.7 Å². The van der Waals surface area contributed by atoms with Crippen molar-refractivity contribution in [2.75, 3.05) is 26.8 Å². The van der Waals surface area contributed by atoms with Gasteiger partial charge in [0.25, 0.3) is 5.91 Å². The molecule has 0 atom stereocenters. The number of hydrogen-bond donors (Lipinski definition) is 2. The maximum absolute atomic E-state index is 12.3. The van der Waals surface area contributed by atoms with E-state index in [-0.39, 0.29) is 24.0 Å². The Morgan fingerprint density at radius 3 is 2.52 bits per heavy atom. The van der Waals surface area contributed by atoms with Crippen LogP contribution in [0.25, 0.3) is 6.08 Å². The summed E-state index contributed by atoms with van der Waals surface area (Å²) in [6, 6.07) is 4.09. The van der Waals surface area contributed by atoms with E-state index >= 15 is 0 Å². The predicted molar refractivity (Wildman–Crippen MR) is 91.3 cm³/mol. The van der Waals surface area contributed by atoms with Crippen molar-refractivity contribution in [2.24, 2.45) is 0 Å². The molecule has 0 heterocycles. The highest BCUT2D eigenvalue weighted by Crippen LogP contribution is 2.29. The maximum Gasteiger partial charge on any atom is 0.387 e. The summed E-state index contributed by atoms with van der Waals surface area (Å²) < 4.78 is 38.5. The van der Waals surface area contributed by atoms with Crippen molar-refractivity contribution >= 4 is 23.9 Å². The number of carbonyl (C=O) groups is 3. The zero-order valence-electron chi connectivity index (χ0n) is 14.8. The van der Waals surface area contributed by atoms with Crippen molar-refractivity contribution in [3.63, 3.8) is 0 Å². The lowest BCUT2D eigenvalue weighted by Gasteiger charge is -2.10. The zero-order chi connectivity index (χ0) is 20.2. The molecule has 0 saturated heterocycles. The molecule has 0 fully saturated rings. The Morgan fingerprint density at radius 2 is 1.89 bits per heavy atom. The Hall–Kier alpha value is -3.17. The van der Waals surface area contributed by atoms with Gasteiger partial charge in [-0.05, 0) is 30.7 Å². The third-order valence-corrected chi connectivity index (χ3v) is 2.98. The van der Waals surface area contributed by atoms with E-state index in [2.05, 4.69) is 15.4 Å². The summed E-state index contributed by atoms with van der Waals surface area (Å²) in [5.74, 6) is -1.86. The number of halogens is 2. The molecule has 1 aromatic carbocycles. The number of esters is 1. The molecule has 0 bridgehead atoms. The van der Waals surface area contributed by atoms with Gasteiger partial charge in [0, 0.05) is 12.6 Å². The molecular weight excluding hydrogens is 366 g/mol. The molecule has 27 heavy (non-hydrogen) atoms. The lowest BCUT2D eigenvalue weighted by Crippen LogP contribution is -2.38. The first kappa shape index (κ1) is 21.9. The lowest BCUT2D eigenvalue weighted by molar-refractivity contribution is -0.143. The largest absolute Gasteiger partial charge is 0.493 e. The molecule has 2 N–H and O–H groups in total. The molecule has 0 radical (unpaired) electrons. The number of ether oxygens (including phenoxy) is 3. The molecule has 1 rings (SSSR count). The summed E-state index contributed by atoms with van der Waals surface area (Å²) >= 11 is 0. The maximum atomic E-state index is 12.3. The third kappa shape index (κ3) is 8.66. The van der Waals surface area contributed by atoms with E-state index < -0.39 is 25.1 Å². The van der Waals surface area contributed by atoms with Crippen molar-refractivity contribution in [3.8, 4) is 11.5 Å². The van der Waals surface area contributed by atoms with Crippen LogP contribution in [0.4, 0.5) is 8.78 Å². The molecule has 10 heteroatoms. The fourth-order valence-corrected chi connectivity index (χ4v) is 1.82. The van der Waals surface area contributed by atoms with E-state index in [1.807, 2.05) is 0 Å². The highest BCUT2D eigenvalue weighted by atomic mass is 19.3. The molecule has 148 valence electrons. The summed E-state index contributed by atoms with van der Waals surface area (Å²) in [7, 11) is 1.29. The molecule has 0 saturated carbocycles. The van der Waals surface area contributed by atoms with Crippen LogP contribution >= 0.6 is 0 Å². The van der Waals surface area contributed by atoms with E-state index in [4.69, 9.17) is 9.47 Å². The van der Waals surface area contributed by atoms with Crippen LogP contribution in [-0.4, -0.2) is 51.2 Å². The number of methoxy groups -OCH3 is 1. The van der Waals surface area contributed by atoms with Crippen LogP contribution in [0, 0.1) is 0 Å². The predicted octanol–water partition coefficient (Wildman–Crippen LogP) is 1.11. The van der Waals surface area contributed by atoms with Gasteiger partial charge in [0.2, 0.25) is 5.91 Å². The number of benzene rings is 1. The lowest BCUT2D eigenvalue weighted by atomic mass is 10.2. The van der Waals surface area contributed by atoms with Gasteiger partial charge in [0.15, 0.2) is 18.1 Å². The first-order chi connectivity index (χ1) is 12.8. The molecule has 0 aliphatic rings. The molecule has 0 unspecified atom stereocenters. The number of hydrogen-bond acceptors (Lipinski definition) is 6. The van der Waals surface area contributed by atoms with Gasteiger partial charge in [-0.1, -0.05) is 6.07 Å². The van der Waals surface area contributed by atoms with Gasteiger partial charge in [-0.3, -0.25) is 9.59 Å². The quantitative estimate of drug-likeness (QED) is 0.461. The average Bonchev–Trinajstić information content (AvgIpc) is 2.63. The molecule has 2 amide bonds. The Bertz CT molecular complexity index is 694. The summed E-state index contributed by atoms with van der Waals surface area (Å²) in [6.45, 7) is -1.58. The summed E-state index contributed by atoms with van der Waals surface area (Å²) in [4.78, 5) is 34.2. The summed E-state index contributed by atoms with van der Waals surface area (Å²) in [5, 5.41) is 4.78. The van der Waals surface area contributed by atoms with Crippen molar-refractivity contribution in [3.05, 3.63) is 29.8 Å². The van der Waals surface area contributed by atoms with Crippen molar-refractivity contribution in [1.29, 1.82) is 0 Å². The fraction of sp³-hybridized carbons (Fsp3) is 0.353. The summed E-state index contributed by atoms with van der Waals surface area (Å²) in [5.41, 5.74) is 0.464. The van der Waals surface area contributed by atoms with Crippen LogP contribution in [0.3, 0.4) is 0 Å². The normalized spacial score (nSPS) is 10.6. The van der Waals surface area contributed by atoms with Crippen LogP contribution in [0.15, 0.2) is 24.3 Å². The molecule has 0 spiro atoms. The Labute approximate surface area is 154 Å². The SMILES string of the molecule is CCNC(=O)CNC(=O)COC(=O)/C=C/c1ccc(OC(F)F)c(OC)c1. The van der Waals surface area contributed by atoms with Gasteiger partial charge >= 0.3 is 12.6 Å². The Kier molecular flexibility index (Phi) is 9.27. The number of rotatable bonds is 10. The van der Waals surface area contributed by atoms with E-state index in [9.17, 15) is 23.2 Å². The average molecular weight is 386 g/mol. The van der Waals surface area contributed by atoms with Gasteiger partial charge < -0.3 is 24.8 Å². The van der Waals surface area contributed by atoms with E-state index in [1.165, 1.54) is 31.4 Å². The number of alkyl halides is 2. The van der Waals surface area contributed by atoms with Gasteiger partial charge in [-0.2, -0.15) is 8.78 Å². The van der Waals surface area contributed by atoms with Crippen LogP contribution in [-0.2, 0) is 19.1 Å². The number of nitrogens with one attached hydrogen (secondary N) is 2. The molecule has 1 aromatic rings. The zero-order valence-corrected chi connectivity index (χ0v) is 14.8. The minimum atomic E-state index is -2.99. The van der Waals surface area contributed by atoms with Gasteiger partial charge in [0.1, 0.15) is 0 Å². The first-order valence-electron chi connectivity index (χ1n) is 7.86. The number of carbonyl (C=O) groups excluding carboxylic acids is 3. The Balaban J connectivity index is 2.51. The smallest absolute Gasteiger partial charge is 0.387 e. The topological polar surface area (TPSA) is 103 Å². The van der Waals surface area contributed by atoms with E-state index in [0.717, 1.165) is 6.08 Å². The molecule has 8 nitrogen and oxygen atoms in total. The standard InChI is InChI=1S/C17H20F2N2O6/c1-3-20-14(22)9-21-15(23)10-26-16(24)7-5-11-4-6-12(27-17(18)19)13(8-11)25-2/h4-8,17H,3,9-10H2,1-2H3,(H,20,22)(H,21,23)/b7-5+. The molecule has 0 aliphatic heterocycles. The van der Waals surface area contributed by atoms with Crippen LogP contribution in [0.1, 0.15) is 12.5 Å². The third-order valence-electron chi connectivity index (χ3n) is 2.98. The number of likely N-dealkylation sites (N-methyl/N-ethyl adjacent to an activating group) is 1. The fourth-order valence-electron chi connectivity index (χ4n) is 1.82. The summed E-state index contributed by atoms with van der Waals surface area (Å²) in [6.07, 6.45) is 2.41. The van der Waals surface area contributed by atoms with Gasteiger partial charge in [-0.15, -0.1) is 0 Å².